The summed E-state index contributed by atoms with van der Waals surface area (Å²) in [4.78, 5) is 0. The second-order valence-corrected chi connectivity index (χ2v) is 2.68. The number of hydrogen-bond donors (Lipinski definition) is 1. The Bertz CT molecular complexity index is 284. The minimum absolute atomic E-state index is 0. The zero-order valence-corrected chi connectivity index (χ0v) is 12.8. The smallest absolute Gasteiger partial charge is 0.161 e. The average molecular weight is 358 g/mol. The lowest BCUT2D eigenvalue weighted by atomic mass is 10.3. The van der Waals surface area contributed by atoms with Crippen LogP contribution in [0.1, 0.15) is 13.8 Å². The first-order valence-corrected chi connectivity index (χ1v) is 4.89. The molecule has 0 radical (unpaired) electrons. The lowest BCUT2D eigenvalue weighted by Crippen LogP contribution is -2.32. The predicted octanol–water partition coefficient (Wildman–Crippen LogP) is 2.58. The van der Waals surface area contributed by atoms with Crippen molar-refractivity contribution in [2.24, 2.45) is 0 Å². The van der Waals surface area contributed by atoms with Crippen LogP contribution in [-0.2, 0) is 0 Å². The van der Waals surface area contributed by atoms with Crippen molar-refractivity contribution in [2.45, 2.75) is 20.0 Å². The molecule has 1 heterocycles. The van der Waals surface area contributed by atoms with Gasteiger partial charge in [-0.15, -0.1) is 24.0 Å². The Morgan fingerprint density at radius 3 is 2.38 bits per heavy atom. The highest BCUT2D eigenvalue weighted by atomic mass is 127. The molecule has 0 aliphatic carbocycles. The van der Waals surface area contributed by atoms with Crippen molar-refractivity contribution in [1.29, 1.82) is 0 Å². The van der Waals surface area contributed by atoms with Crippen LogP contribution < -0.4 is 9.47 Å². The SMILES string of the molecule is CC.I.OC[C@H]1COc2ccccc2O1.S. The van der Waals surface area contributed by atoms with E-state index in [2.05, 4.69) is 0 Å². The molecular formula is C11H19IO3S. The van der Waals surface area contributed by atoms with Gasteiger partial charge in [0.2, 0.25) is 0 Å². The first-order valence-electron chi connectivity index (χ1n) is 4.89. The van der Waals surface area contributed by atoms with Crippen molar-refractivity contribution in [3.8, 4) is 11.5 Å². The maximum absolute atomic E-state index is 8.81. The number of rotatable bonds is 1. The molecule has 0 saturated heterocycles. The third-order valence-corrected chi connectivity index (χ3v) is 1.77. The number of para-hydroxylation sites is 2. The average Bonchev–Trinajstić information content (AvgIpc) is 2.31. The highest BCUT2D eigenvalue weighted by molar-refractivity contribution is 14.0. The van der Waals surface area contributed by atoms with Crippen molar-refractivity contribution in [3.05, 3.63) is 24.3 Å². The van der Waals surface area contributed by atoms with Gasteiger partial charge in [-0.2, -0.15) is 13.5 Å². The third-order valence-electron chi connectivity index (χ3n) is 1.77. The van der Waals surface area contributed by atoms with E-state index in [1.54, 1.807) is 0 Å². The lowest BCUT2D eigenvalue weighted by molar-refractivity contribution is 0.0456. The lowest BCUT2D eigenvalue weighted by Gasteiger charge is -2.24. The molecule has 16 heavy (non-hydrogen) atoms. The van der Waals surface area contributed by atoms with Crippen molar-refractivity contribution in [2.75, 3.05) is 13.2 Å². The molecule has 0 amide bonds. The Kier molecular flexibility index (Phi) is 11.4. The van der Waals surface area contributed by atoms with Crippen molar-refractivity contribution in [3.63, 3.8) is 0 Å². The monoisotopic (exact) mass is 358 g/mol. The highest BCUT2D eigenvalue weighted by Gasteiger charge is 2.18. The highest BCUT2D eigenvalue weighted by Crippen LogP contribution is 2.30. The van der Waals surface area contributed by atoms with E-state index in [1.165, 1.54) is 0 Å². The quantitative estimate of drug-likeness (QED) is 0.785. The van der Waals surface area contributed by atoms with Gasteiger partial charge >= 0.3 is 0 Å². The number of aliphatic hydroxyl groups is 1. The molecule has 0 fully saturated rings. The molecule has 1 aromatic rings. The van der Waals surface area contributed by atoms with E-state index in [9.17, 15) is 0 Å². The molecule has 0 unspecified atom stereocenters. The molecule has 0 bridgehead atoms. The second kappa shape index (κ2) is 10.0. The van der Waals surface area contributed by atoms with Gasteiger partial charge in [0.25, 0.3) is 0 Å². The van der Waals surface area contributed by atoms with E-state index >= 15 is 0 Å². The van der Waals surface area contributed by atoms with Crippen LogP contribution in [0.4, 0.5) is 0 Å². The van der Waals surface area contributed by atoms with Gasteiger partial charge in [0.05, 0.1) is 6.61 Å². The van der Waals surface area contributed by atoms with E-state index in [-0.39, 0.29) is 50.2 Å². The Balaban J connectivity index is 0. The van der Waals surface area contributed by atoms with E-state index in [0.29, 0.717) is 12.4 Å². The number of benzene rings is 1. The van der Waals surface area contributed by atoms with Gasteiger partial charge in [-0.3, -0.25) is 0 Å². The molecule has 94 valence electrons. The van der Waals surface area contributed by atoms with Gasteiger partial charge in [0.1, 0.15) is 6.61 Å². The summed E-state index contributed by atoms with van der Waals surface area (Å²) in [5.41, 5.74) is 0. The molecule has 0 aromatic heterocycles. The van der Waals surface area contributed by atoms with Crippen molar-refractivity contribution >= 4 is 37.5 Å². The van der Waals surface area contributed by atoms with E-state index in [4.69, 9.17) is 14.6 Å². The van der Waals surface area contributed by atoms with Gasteiger partial charge in [0.15, 0.2) is 17.6 Å². The summed E-state index contributed by atoms with van der Waals surface area (Å²) in [7, 11) is 0. The summed E-state index contributed by atoms with van der Waals surface area (Å²) in [6, 6.07) is 7.45. The van der Waals surface area contributed by atoms with Crippen LogP contribution >= 0.6 is 37.5 Å². The van der Waals surface area contributed by atoms with Crippen LogP contribution in [0.15, 0.2) is 24.3 Å². The molecule has 1 aliphatic heterocycles. The van der Waals surface area contributed by atoms with E-state index in [1.807, 2.05) is 38.1 Å². The van der Waals surface area contributed by atoms with Crippen molar-refractivity contribution < 1.29 is 14.6 Å². The molecular weight excluding hydrogens is 339 g/mol. The Hall–Kier alpha value is -0.140. The molecule has 0 saturated carbocycles. The normalized spacial score (nSPS) is 15.8. The number of ether oxygens (including phenoxy) is 2. The van der Waals surface area contributed by atoms with Gasteiger partial charge in [0, 0.05) is 0 Å². The fourth-order valence-corrected chi connectivity index (χ4v) is 1.15. The number of halogens is 1. The predicted molar refractivity (Wildman–Crippen MR) is 80.6 cm³/mol. The van der Waals surface area contributed by atoms with E-state index in [0.717, 1.165) is 5.75 Å². The Morgan fingerprint density at radius 1 is 1.25 bits per heavy atom. The number of hydrogen-bond acceptors (Lipinski definition) is 3. The molecule has 1 atom stereocenters. The van der Waals surface area contributed by atoms with Gasteiger partial charge in [-0.25, -0.2) is 0 Å². The zero-order chi connectivity index (χ0) is 10.4. The summed E-state index contributed by atoms with van der Waals surface area (Å²) in [6.45, 7) is 4.42. The molecule has 5 heteroatoms. The van der Waals surface area contributed by atoms with E-state index < -0.39 is 0 Å². The van der Waals surface area contributed by atoms with Crippen molar-refractivity contribution in [1.82, 2.24) is 0 Å². The molecule has 0 spiro atoms. The largest absolute Gasteiger partial charge is 0.486 e. The molecule has 1 aromatic carbocycles. The number of aliphatic hydroxyl groups excluding tert-OH is 1. The fourth-order valence-electron chi connectivity index (χ4n) is 1.15. The minimum atomic E-state index is -0.222. The van der Waals surface area contributed by atoms with Crippen LogP contribution in [0.3, 0.4) is 0 Å². The summed E-state index contributed by atoms with van der Waals surface area (Å²) in [5, 5.41) is 8.81. The maximum Gasteiger partial charge on any atom is 0.161 e. The second-order valence-electron chi connectivity index (χ2n) is 2.68. The van der Waals surface area contributed by atoms with Crippen LogP contribution in [0.2, 0.25) is 0 Å². The standard InChI is InChI=1S/C9H10O3.C2H6.HI.H2S/c10-5-7-6-11-8-3-1-2-4-9(8)12-7;1-2;;/h1-4,7,10H,5-6H2;1-2H3;1H;1H2/t7-;;;/m0.../s1. The minimum Gasteiger partial charge on any atom is -0.486 e. The van der Waals surface area contributed by atoms with Crippen LogP contribution in [0.25, 0.3) is 0 Å². The van der Waals surface area contributed by atoms with Crippen LogP contribution in [-0.4, -0.2) is 24.4 Å². The summed E-state index contributed by atoms with van der Waals surface area (Å²) in [6.07, 6.45) is -0.222. The maximum atomic E-state index is 8.81. The molecule has 1 aliphatic rings. The van der Waals surface area contributed by atoms with Crippen LogP contribution in [0, 0.1) is 0 Å². The Labute approximate surface area is 121 Å². The van der Waals surface area contributed by atoms with Gasteiger partial charge in [-0.1, -0.05) is 26.0 Å². The van der Waals surface area contributed by atoms with Gasteiger partial charge in [-0.05, 0) is 12.1 Å². The first-order chi connectivity index (χ1) is 6.90. The Morgan fingerprint density at radius 2 is 1.81 bits per heavy atom. The molecule has 1 N–H and O–H groups in total. The zero-order valence-electron chi connectivity index (χ0n) is 9.47. The van der Waals surface area contributed by atoms with Gasteiger partial charge < -0.3 is 14.6 Å². The topological polar surface area (TPSA) is 38.7 Å². The summed E-state index contributed by atoms with van der Waals surface area (Å²) >= 11 is 0. The third kappa shape index (κ3) is 4.80. The summed E-state index contributed by atoms with van der Waals surface area (Å²) in [5.74, 6) is 1.46. The number of fused-ring (bicyclic) bond motifs is 1. The molecule has 2 rings (SSSR count). The fraction of sp³-hybridized carbons (Fsp3) is 0.455. The first kappa shape index (κ1) is 18.2. The summed E-state index contributed by atoms with van der Waals surface area (Å²) < 4.78 is 10.7. The molecule has 3 nitrogen and oxygen atoms in total. The van der Waals surface area contributed by atoms with Crippen LogP contribution in [0.5, 0.6) is 11.5 Å².